The molecular formula is C22H27N3O3. The summed E-state index contributed by atoms with van der Waals surface area (Å²) in [6, 6.07) is 14.1. The first-order valence-corrected chi connectivity index (χ1v) is 9.76. The predicted octanol–water partition coefficient (Wildman–Crippen LogP) is 3.65. The molecule has 2 atom stereocenters. The zero-order chi connectivity index (χ0) is 19.9. The highest BCUT2D eigenvalue weighted by atomic mass is 16.5. The smallest absolute Gasteiger partial charge is 0.255 e. The zero-order valence-electron chi connectivity index (χ0n) is 16.1. The van der Waals surface area contributed by atoms with Crippen molar-refractivity contribution in [3.05, 3.63) is 54.1 Å². The lowest BCUT2D eigenvalue weighted by Crippen LogP contribution is -2.29. The second-order valence-corrected chi connectivity index (χ2v) is 7.01. The number of rotatable bonds is 7. The number of nitrogens with two attached hydrogens (primary N) is 1. The molecule has 0 unspecified atom stereocenters. The normalized spacial score (nSPS) is 18.5. The van der Waals surface area contributed by atoms with Gasteiger partial charge in [0.05, 0.1) is 6.61 Å². The van der Waals surface area contributed by atoms with Crippen LogP contribution in [0.15, 0.2) is 48.5 Å². The topological polar surface area (TPSA) is 93.5 Å². The van der Waals surface area contributed by atoms with Gasteiger partial charge in [0.1, 0.15) is 5.75 Å². The van der Waals surface area contributed by atoms with E-state index in [0.717, 1.165) is 25.0 Å². The van der Waals surface area contributed by atoms with E-state index in [1.165, 1.54) is 0 Å². The minimum absolute atomic E-state index is 0.0135. The van der Waals surface area contributed by atoms with E-state index in [-0.39, 0.29) is 23.7 Å². The minimum Gasteiger partial charge on any atom is -0.494 e. The summed E-state index contributed by atoms with van der Waals surface area (Å²) < 4.78 is 5.39. The number of hydrogen-bond donors (Lipinski definition) is 3. The Morgan fingerprint density at radius 2 is 1.64 bits per heavy atom. The van der Waals surface area contributed by atoms with E-state index in [9.17, 15) is 9.59 Å². The Kier molecular flexibility index (Phi) is 6.66. The van der Waals surface area contributed by atoms with Crippen molar-refractivity contribution in [2.45, 2.75) is 26.2 Å². The van der Waals surface area contributed by atoms with Gasteiger partial charge in [-0.3, -0.25) is 9.59 Å². The van der Waals surface area contributed by atoms with Gasteiger partial charge in [0.2, 0.25) is 5.91 Å². The number of hydrogen-bond acceptors (Lipinski definition) is 4. The average Bonchev–Trinajstić information content (AvgIpc) is 3.19. The summed E-state index contributed by atoms with van der Waals surface area (Å²) in [7, 11) is 0. The van der Waals surface area contributed by atoms with Crippen molar-refractivity contribution in [3.8, 4) is 5.75 Å². The van der Waals surface area contributed by atoms with Gasteiger partial charge in [-0.2, -0.15) is 0 Å². The fourth-order valence-electron chi connectivity index (χ4n) is 3.61. The fraction of sp³-hybridized carbons (Fsp3) is 0.364. The first-order chi connectivity index (χ1) is 13.6. The third-order valence-corrected chi connectivity index (χ3v) is 5.14. The summed E-state index contributed by atoms with van der Waals surface area (Å²) >= 11 is 0. The number of nitrogens with one attached hydrogen (secondary N) is 2. The van der Waals surface area contributed by atoms with Crippen LogP contribution in [0.4, 0.5) is 11.4 Å². The molecule has 1 fully saturated rings. The van der Waals surface area contributed by atoms with E-state index < -0.39 is 0 Å². The highest BCUT2D eigenvalue weighted by Crippen LogP contribution is 2.31. The molecule has 28 heavy (non-hydrogen) atoms. The molecular weight excluding hydrogens is 354 g/mol. The third kappa shape index (κ3) is 4.89. The van der Waals surface area contributed by atoms with E-state index >= 15 is 0 Å². The van der Waals surface area contributed by atoms with E-state index in [0.29, 0.717) is 30.1 Å². The molecule has 3 rings (SSSR count). The summed E-state index contributed by atoms with van der Waals surface area (Å²) in [4.78, 5) is 24.9. The van der Waals surface area contributed by atoms with E-state index in [1.807, 2.05) is 19.1 Å². The molecule has 6 heteroatoms. The maximum atomic E-state index is 12.5. The Labute approximate surface area is 165 Å². The molecule has 0 aromatic heterocycles. The Balaban J connectivity index is 1.57. The molecule has 2 amide bonds. The molecule has 2 aromatic rings. The summed E-state index contributed by atoms with van der Waals surface area (Å²) in [5.41, 5.74) is 7.66. The van der Waals surface area contributed by atoms with Crippen LogP contribution in [0.3, 0.4) is 0 Å². The molecule has 6 nitrogen and oxygen atoms in total. The molecule has 148 valence electrons. The largest absolute Gasteiger partial charge is 0.494 e. The Bertz CT molecular complexity index is 803. The third-order valence-electron chi connectivity index (χ3n) is 5.14. The highest BCUT2D eigenvalue weighted by Gasteiger charge is 2.31. The van der Waals surface area contributed by atoms with E-state index in [1.54, 1.807) is 36.4 Å². The van der Waals surface area contributed by atoms with Crippen molar-refractivity contribution in [1.82, 2.24) is 0 Å². The van der Waals surface area contributed by atoms with Crippen LogP contribution in [0.25, 0.3) is 0 Å². The maximum Gasteiger partial charge on any atom is 0.255 e. The monoisotopic (exact) mass is 381 g/mol. The first-order valence-electron chi connectivity index (χ1n) is 9.76. The Morgan fingerprint density at radius 3 is 2.29 bits per heavy atom. The van der Waals surface area contributed by atoms with Crippen molar-refractivity contribution >= 4 is 23.2 Å². The second kappa shape index (κ2) is 9.37. The number of amides is 2. The predicted molar refractivity (Wildman–Crippen MR) is 111 cm³/mol. The fourth-order valence-corrected chi connectivity index (χ4v) is 3.61. The molecule has 0 bridgehead atoms. The van der Waals surface area contributed by atoms with E-state index in [2.05, 4.69) is 10.6 Å². The Hall–Kier alpha value is -2.86. The molecule has 1 saturated carbocycles. The second-order valence-electron chi connectivity index (χ2n) is 7.01. The number of ether oxygens (including phenoxy) is 1. The van der Waals surface area contributed by atoms with Gasteiger partial charge in [-0.25, -0.2) is 0 Å². The summed E-state index contributed by atoms with van der Waals surface area (Å²) in [5, 5.41) is 5.79. The average molecular weight is 381 g/mol. The van der Waals surface area contributed by atoms with Gasteiger partial charge in [-0.05, 0) is 80.8 Å². The molecule has 1 aliphatic rings. The summed E-state index contributed by atoms with van der Waals surface area (Å²) in [6.45, 7) is 3.07. The SMILES string of the molecule is CCOc1ccc(NC(=O)c2ccc(NC(=O)[C@@H]3CCC[C@@H]3CN)cc2)cc1. The Morgan fingerprint density at radius 1 is 1.00 bits per heavy atom. The van der Waals surface area contributed by atoms with Crippen molar-refractivity contribution in [3.63, 3.8) is 0 Å². The number of benzene rings is 2. The molecule has 2 aromatic carbocycles. The van der Waals surface area contributed by atoms with Crippen molar-refractivity contribution < 1.29 is 14.3 Å². The lowest BCUT2D eigenvalue weighted by Gasteiger charge is -2.17. The van der Waals surface area contributed by atoms with Gasteiger partial charge in [-0.15, -0.1) is 0 Å². The number of carbonyl (C=O) groups excluding carboxylic acids is 2. The molecule has 1 aliphatic carbocycles. The van der Waals surface area contributed by atoms with Crippen LogP contribution in [0.2, 0.25) is 0 Å². The molecule has 0 saturated heterocycles. The van der Waals surface area contributed by atoms with Crippen molar-refractivity contribution in [2.75, 3.05) is 23.8 Å². The molecule has 0 spiro atoms. The quantitative estimate of drug-likeness (QED) is 0.682. The van der Waals surface area contributed by atoms with Crippen LogP contribution >= 0.6 is 0 Å². The van der Waals surface area contributed by atoms with Crippen LogP contribution in [-0.4, -0.2) is 25.0 Å². The lowest BCUT2D eigenvalue weighted by molar-refractivity contribution is -0.120. The van der Waals surface area contributed by atoms with Crippen LogP contribution in [0, 0.1) is 11.8 Å². The molecule has 0 heterocycles. The first kappa shape index (κ1) is 19.9. The molecule has 0 aliphatic heterocycles. The van der Waals surface area contributed by atoms with Crippen molar-refractivity contribution in [2.24, 2.45) is 17.6 Å². The van der Waals surface area contributed by atoms with Gasteiger partial charge < -0.3 is 21.1 Å². The van der Waals surface area contributed by atoms with Gasteiger partial charge in [0.15, 0.2) is 0 Å². The van der Waals surface area contributed by atoms with Gasteiger partial charge in [0, 0.05) is 22.9 Å². The summed E-state index contributed by atoms with van der Waals surface area (Å²) in [5.74, 6) is 0.812. The van der Waals surface area contributed by atoms with Crippen LogP contribution in [0.5, 0.6) is 5.75 Å². The molecule has 4 N–H and O–H groups in total. The van der Waals surface area contributed by atoms with Crippen molar-refractivity contribution in [1.29, 1.82) is 0 Å². The van der Waals surface area contributed by atoms with Crippen LogP contribution < -0.4 is 21.1 Å². The minimum atomic E-state index is -0.207. The lowest BCUT2D eigenvalue weighted by atomic mass is 9.95. The van der Waals surface area contributed by atoms with Crippen LogP contribution in [0.1, 0.15) is 36.5 Å². The molecule has 0 radical (unpaired) electrons. The van der Waals surface area contributed by atoms with Crippen LogP contribution in [-0.2, 0) is 4.79 Å². The standard InChI is InChI=1S/C22H27N3O3/c1-2-28-19-12-10-18(11-13-19)24-21(26)15-6-8-17(9-7-15)25-22(27)20-5-3-4-16(20)14-23/h6-13,16,20H,2-5,14,23H2,1H3,(H,24,26)(H,25,27)/t16-,20-/m1/s1. The van der Waals surface area contributed by atoms with Gasteiger partial charge in [0.25, 0.3) is 5.91 Å². The zero-order valence-corrected chi connectivity index (χ0v) is 16.1. The van der Waals surface area contributed by atoms with Gasteiger partial charge >= 0.3 is 0 Å². The number of anilines is 2. The number of carbonyl (C=O) groups is 2. The van der Waals surface area contributed by atoms with Gasteiger partial charge in [-0.1, -0.05) is 6.42 Å². The summed E-state index contributed by atoms with van der Waals surface area (Å²) in [6.07, 6.45) is 2.94. The van der Waals surface area contributed by atoms with E-state index in [4.69, 9.17) is 10.5 Å². The maximum absolute atomic E-state index is 12.5. The highest BCUT2D eigenvalue weighted by molar-refractivity contribution is 6.04.